The molecule has 0 aliphatic heterocycles. The second-order valence-electron chi connectivity index (χ2n) is 3.87. The lowest BCUT2D eigenvalue weighted by molar-refractivity contribution is 0.624. The van der Waals surface area contributed by atoms with Crippen molar-refractivity contribution in [3.8, 4) is 5.69 Å². The van der Waals surface area contributed by atoms with Crippen LogP contribution in [0.2, 0.25) is 0 Å². The van der Waals surface area contributed by atoms with Gasteiger partial charge in [0.25, 0.3) is 0 Å². The van der Waals surface area contributed by atoms with Crippen LogP contribution >= 0.6 is 0 Å². The third kappa shape index (κ3) is 2.68. The molecule has 0 fully saturated rings. The molecule has 90 valence electrons. The van der Waals surface area contributed by atoms with Crippen LogP contribution in [0, 0.1) is 12.7 Å². The molecule has 1 aromatic heterocycles. The second kappa shape index (κ2) is 5.05. The molecule has 1 aromatic carbocycles. The molecule has 1 heterocycles. The lowest BCUT2D eigenvalue weighted by atomic mass is 10.2. The predicted molar refractivity (Wildman–Crippen MR) is 63.4 cm³/mol. The molecule has 4 nitrogen and oxygen atoms in total. The number of nitrogens with one attached hydrogen (secondary N) is 1. The van der Waals surface area contributed by atoms with Crippen LogP contribution in [-0.2, 0) is 6.54 Å². The van der Waals surface area contributed by atoms with Crippen molar-refractivity contribution in [2.24, 2.45) is 0 Å². The first-order valence-electron chi connectivity index (χ1n) is 5.59. The van der Waals surface area contributed by atoms with E-state index in [1.54, 1.807) is 10.7 Å². The van der Waals surface area contributed by atoms with Crippen molar-refractivity contribution in [1.82, 2.24) is 20.3 Å². The van der Waals surface area contributed by atoms with Crippen molar-refractivity contribution in [2.75, 3.05) is 6.54 Å². The summed E-state index contributed by atoms with van der Waals surface area (Å²) >= 11 is 0. The largest absolute Gasteiger partial charge is 0.311 e. The van der Waals surface area contributed by atoms with Gasteiger partial charge in [0.1, 0.15) is 5.82 Å². The Balaban J connectivity index is 2.27. The molecule has 0 saturated carbocycles. The number of aromatic nitrogens is 3. The number of rotatable bonds is 4. The van der Waals surface area contributed by atoms with Gasteiger partial charge in [-0.2, -0.15) is 0 Å². The highest BCUT2D eigenvalue weighted by molar-refractivity contribution is 5.39. The molecule has 5 heteroatoms. The van der Waals surface area contributed by atoms with Crippen molar-refractivity contribution in [3.05, 3.63) is 41.5 Å². The zero-order chi connectivity index (χ0) is 12.3. The van der Waals surface area contributed by atoms with E-state index in [1.165, 1.54) is 12.1 Å². The van der Waals surface area contributed by atoms with Crippen LogP contribution in [0.1, 0.15) is 18.2 Å². The topological polar surface area (TPSA) is 42.7 Å². The first-order chi connectivity index (χ1) is 8.20. The number of benzene rings is 1. The number of aryl methyl sites for hydroxylation is 1. The summed E-state index contributed by atoms with van der Waals surface area (Å²) in [6.07, 6.45) is 1.81. The van der Waals surface area contributed by atoms with Crippen LogP contribution in [0.15, 0.2) is 24.4 Å². The SMILES string of the molecule is CCNCc1cn(-c2cc(F)ccc2C)nn1. The summed E-state index contributed by atoms with van der Waals surface area (Å²) in [7, 11) is 0. The predicted octanol–water partition coefficient (Wildman–Crippen LogP) is 1.82. The summed E-state index contributed by atoms with van der Waals surface area (Å²) in [4.78, 5) is 0. The Morgan fingerprint density at radius 1 is 1.41 bits per heavy atom. The Morgan fingerprint density at radius 2 is 2.24 bits per heavy atom. The van der Waals surface area contributed by atoms with E-state index >= 15 is 0 Å². The molecule has 0 bridgehead atoms. The van der Waals surface area contributed by atoms with Crippen molar-refractivity contribution >= 4 is 0 Å². The first kappa shape index (κ1) is 11.7. The molecule has 2 rings (SSSR count). The maximum absolute atomic E-state index is 13.2. The Labute approximate surface area is 99.5 Å². The highest BCUT2D eigenvalue weighted by Crippen LogP contribution is 2.14. The molecule has 2 aromatic rings. The zero-order valence-corrected chi connectivity index (χ0v) is 9.94. The highest BCUT2D eigenvalue weighted by Gasteiger charge is 2.06. The maximum Gasteiger partial charge on any atom is 0.125 e. The summed E-state index contributed by atoms with van der Waals surface area (Å²) < 4.78 is 14.8. The van der Waals surface area contributed by atoms with Gasteiger partial charge in [0.15, 0.2) is 0 Å². The van der Waals surface area contributed by atoms with Crippen LogP contribution in [0.25, 0.3) is 5.69 Å². The Bertz CT molecular complexity index is 507. The molecule has 0 aliphatic carbocycles. The van der Waals surface area contributed by atoms with E-state index in [0.29, 0.717) is 6.54 Å². The van der Waals surface area contributed by atoms with Gasteiger partial charge in [0, 0.05) is 6.54 Å². The number of halogens is 1. The quantitative estimate of drug-likeness (QED) is 0.877. The Kier molecular flexibility index (Phi) is 3.49. The van der Waals surface area contributed by atoms with Gasteiger partial charge in [-0.15, -0.1) is 5.10 Å². The van der Waals surface area contributed by atoms with E-state index in [2.05, 4.69) is 15.6 Å². The second-order valence-corrected chi connectivity index (χ2v) is 3.87. The summed E-state index contributed by atoms with van der Waals surface area (Å²) in [5.74, 6) is -0.269. The molecular formula is C12H15FN4. The average molecular weight is 234 g/mol. The molecular weight excluding hydrogens is 219 g/mol. The van der Waals surface area contributed by atoms with Crippen LogP contribution in [0.3, 0.4) is 0 Å². The van der Waals surface area contributed by atoms with Gasteiger partial charge in [-0.05, 0) is 31.2 Å². The minimum Gasteiger partial charge on any atom is -0.311 e. The third-order valence-corrected chi connectivity index (χ3v) is 2.51. The van der Waals surface area contributed by atoms with Gasteiger partial charge in [-0.1, -0.05) is 18.2 Å². The van der Waals surface area contributed by atoms with E-state index in [-0.39, 0.29) is 5.82 Å². The molecule has 1 N–H and O–H groups in total. The summed E-state index contributed by atoms with van der Waals surface area (Å²) in [6.45, 7) is 5.50. The van der Waals surface area contributed by atoms with E-state index < -0.39 is 0 Å². The Morgan fingerprint density at radius 3 is 3.00 bits per heavy atom. The van der Waals surface area contributed by atoms with Gasteiger partial charge in [0.2, 0.25) is 0 Å². The molecule has 0 unspecified atom stereocenters. The minimum atomic E-state index is -0.269. The normalized spacial score (nSPS) is 10.8. The van der Waals surface area contributed by atoms with E-state index in [9.17, 15) is 4.39 Å². The molecule has 0 aliphatic rings. The molecule has 0 spiro atoms. The lowest BCUT2D eigenvalue weighted by Crippen LogP contribution is -2.11. The van der Waals surface area contributed by atoms with Crippen molar-refractivity contribution < 1.29 is 4.39 Å². The van der Waals surface area contributed by atoms with Crippen molar-refractivity contribution in [2.45, 2.75) is 20.4 Å². The summed E-state index contributed by atoms with van der Waals surface area (Å²) in [5.41, 5.74) is 2.53. The number of hydrogen-bond donors (Lipinski definition) is 1. The summed E-state index contributed by atoms with van der Waals surface area (Å²) in [5, 5.41) is 11.2. The van der Waals surface area contributed by atoms with E-state index in [0.717, 1.165) is 23.5 Å². The fraction of sp³-hybridized carbons (Fsp3) is 0.333. The van der Waals surface area contributed by atoms with E-state index in [4.69, 9.17) is 0 Å². The highest BCUT2D eigenvalue weighted by atomic mass is 19.1. The van der Waals surface area contributed by atoms with Gasteiger partial charge in [0.05, 0.1) is 17.6 Å². The van der Waals surface area contributed by atoms with Gasteiger partial charge < -0.3 is 5.32 Å². The lowest BCUT2D eigenvalue weighted by Gasteiger charge is -2.04. The Hall–Kier alpha value is -1.75. The van der Waals surface area contributed by atoms with Crippen molar-refractivity contribution in [1.29, 1.82) is 0 Å². The number of hydrogen-bond acceptors (Lipinski definition) is 3. The van der Waals surface area contributed by atoms with Crippen LogP contribution in [0.5, 0.6) is 0 Å². The molecule has 17 heavy (non-hydrogen) atoms. The number of nitrogens with zero attached hydrogens (tertiary/aromatic N) is 3. The van der Waals surface area contributed by atoms with Crippen molar-refractivity contribution in [3.63, 3.8) is 0 Å². The molecule has 0 radical (unpaired) electrons. The maximum atomic E-state index is 13.2. The zero-order valence-electron chi connectivity index (χ0n) is 9.94. The first-order valence-corrected chi connectivity index (χ1v) is 5.59. The van der Waals surface area contributed by atoms with Crippen LogP contribution in [0.4, 0.5) is 4.39 Å². The fourth-order valence-electron chi connectivity index (χ4n) is 1.58. The fourth-order valence-corrected chi connectivity index (χ4v) is 1.58. The molecule has 0 saturated heterocycles. The van der Waals surface area contributed by atoms with Gasteiger partial charge >= 0.3 is 0 Å². The van der Waals surface area contributed by atoms with E-state index in [1.807, 2.05) is 20.0 Å². The monoisotopic (exact) mass is 234 g/mol. The standard InChI is InChI=1S/C12H15FN4/c1-3-14-7-11-8-17(16-15-11)12-6-10(13)5-4-9(12)2/h4-6,8,14H,3,7H2,1-2H3. The minimum absolute atomic E-state index is 0.269. The van der Waals surface area contributed by atoms with Gasteiger partial charge in [-0.25, -0.2) is 9.07 Å². The molecule has 0 amide bonds. The smallest absolute Gasteiger partial charge is 0.125 e. The molecule has 0 atom stereocenters. The third-order valence-electron chi connectivity index (χ3n) is 2.51. The summed E-state index contributed by atoms with van der Waals surface area (Å²) in [6, 6.07) is 4.63. The van der Waals surface area contributed by atoms with Crippen LogP contribution < -0.4 is 5.32 Å². The van der Waals surface area contributed by atoms with Gasteiger partial charge in [-0.3, -0.25) is 0 Å². The average Bonchev–Trinajstić information content (AvgIpc) is 2.78. The van der Waals surface area contributed by atoms with Crippen LogP contribution in [-0.4, -0.2) is 21.5 Å².